The van der Waals surface area contributed by atoms with Crippen LogP contribution >= 0.6 is 0 Å². The summed E-state index contributed by atoms with van der Waals surface area (Å²) in [5, 5.41) is 28.5. The number of hydrogen-bond acceptors (Lipinski definition) is 3. The van der Waals surface area contributed by atoms with Crippen LogP contribution in [0.4, 0.5) is 13.2 Å². The van der Waals surface area contributed by atoms with Crippen molar-refractivity contribution in [2.45, 2.75) is 0 Å². The van der Waals surface area contributed by atoms with E-state index in [0.29, 0.717) is 12.1 Å². The third kappa shape index (κ3) is 3.72. The van der Waals surface area contributed by atoms with Gasteiger partial charge >= 0.3 is 17.9 Å². The van der Waals surface area contributed by atoms with E-state index in [1.54, 1.807) is 0 Å². The Balaban J connectivity index is 2.47. The van der Waals surface area contributed by atoms with Gasteiger partial charge in [0.2, 0.25) is 0 Å². The van der Waals surface area contributed by atoms with Crippen molar-refractivity contribution in [3.63, 3.8) is 0 Å². The summed E-state index contributed by atoms with van der Waals surface area (Å²) in [5.41, 5.74) is -3.60. The normalized spacial score (nSPS) is 10.6. The van der Waals surface area contributed by atoms with Gasteiger partial charge in [0.05, 0.1) is 16.7 Å². The van der Waals surface area contributed by atoms with Crippen molar-refractivity contribution in [3.8, 4) is 22.3 Å². The van der Waals surface area contributed by atoms with Gasteiger partial charge in [-0.05, 0) is 48.5 Å². The molecule has 0 atom stereocenters. The van der Waals surface area contributed by atoms with E-state index in [4.69, 9.17) is 0 Å². The minimum atomic E-state index is -1.68. The maximum Gasteiger partial charge on any atom is 0.336 e. The quantitative estimate of drug-likeness (QED) is 0.563. The molecule has 0 saturated carbocycles. The average Bonchev–Trinajstić information content (AvgIpc) is 2.66. The molecule has 152 valence electrons. The first-order chi connectivity index (χ1) is 14.1. The lowest BCUT2D eigenvalue weighted by molar-refractivity contribution is 0.0684. The Bertz CT molecular complexity index is 1130. The number of aromatic carboxylic acids is 3. The van der Waals surface area contributed by atoms with E-state index in [1.807, 2.05) is 0 Å². The number of halogens is 3. The van der Waals surface area contributed by atoms with Crippen LogP contribution in [0.3, 0.4) is 0 Å². The molecule has 0 unspecified atom stereocenters. The zero-order chi connectivity index (χ0) is 22.2. The molecule has 0 aromatic heterocycles. The second-order valence-corrected chi connectivity index (χ2v) is 6.17. The summed E-state index contributed by atoms with van der Waals surface area (Å²) in [6, 6.07) is 6.26. The number of rotatable bonds is 5. The van der Waals surface area contributed by atoms with E-state index in [2.05, 4.69) is 0 Å². The summed E-state index contributed by atoms with van der Waals surface area (Å²) in [6.07, 6.45) is 0. The summed E-state index contributed by atoms with van der Waals surface area (Å²) in [6.45, 7) is 0. The zero-order valence-corrected chi connectivity index (χ0v) is 14.8. The van der Waals surface area contributed by atoms with Crippen LogP contribution in [0.5, 0.6) is 0 Å². The predicted molar refractivity (Wildman–Crippen MR) is 98.1 cm³/mol. The molecule has 9 heteroatoms. The van der Waals surface area contributed by atoms with E-state index < -0.39 is 74.3 Å². The minimum absolute atomic E-state index is 0.436. The molecule has 0 aliphatic heterocycles. The topological polar surface area (TPSA) is 112 Å². The molecule has 0 aliphatic carbocycles. The second kappa shape index (κ2) is 7.70. The largest absolute Gasteiger partial charge is 0.478 e. The molecular formula is C21H11F3O6. The fraction of sp³-hybridized carbons (Fsp3) is 0. The first-order valence-electron chi connectivity index (χ1n) is 8.23. The Morgan fingerprint density at radius 3 is 1.23 bits per heavy atom. The first kappa shape index (κ1) is 20.6. The maximum atomic E-state index is 14.4. The number of hydrogen-bond donors (Lipinski definition) is 3. The Hall–Kier alpha value is -4.14. The molecule has 3 rings (SSSR count). The highest BCUT2D eigenvalue weighted by molar-refractivity contribution is 6.08. The number of benzene rings is 3. The monoisotopic (exact) mass is 416 g/mol. The van der Waals surface area contributed by atoms with Crippen LogP contribution in [0.2, 0.25) is 0 Å². The van der Waals surface area contributed by atoms with Gasteiger partial charge in [-0.15, -0.1) is 0 Å². The van der Waals surface area contributed by atoms with E-state index in [-0.39, 0.29) is 0 Å². The van der Waals surface area contributed by atoms with Crippen LogP contribution in [-0.4, -0.2) is 33.2 Å². The minimum Gasteiger partial charge on any atom is -0.478 e. The van der Waals surface area contributed by atoms with Gasteiger partial charge in [0.25, 0.3) is 0 Å². The van der Waals surface area contributed by atoms with Crippen molar-refractivity contribution in [3.05, 3.63) is 82.7 Å². The van der Waals surface area contributed by atoms with E-state index in [1.165, 1.54) is 0 Å². The molecule has 0 heterocycles. The molecule has 30 heavy (non-hydrogen) atoms. The highest BCUT2D eigenvalue weighted by Gasteiger charge is 2.26. The summed E-state index contributed by atoms with van der Waals surface area (Å²) < 4.78 is 42.1. The van der Waals surface area contributed by atoms with E-state index in [0.717, 1.165) is 36.4 Å². The van der Waals surface area contributed by atoms with Crippen molar-refractivity contribution in [2.75, 3.05) is 0 Å². The third-order valence-electron chi connectivity index (χ3n) is 4.32. The van der Waals surface area contributed by atoms with Crippen molar-refractivity contribution < 1.29 is 42.9 Å². The third-order valence-corrected chi connectivity index (χ3v) is 4.32. The highest BCUT2D eigenvalue weighted by atomic mass is 19.1. The van der Waals surface area contributed by atoms with Gasteiger partial charge in [0.1, 0.15) is 17.5 Å². The molecule has 3 aromatic rings. The molecule has 0 spiro atoms. The van der Waals surface area contributed by atoms with Crippen LogP contribution in [0.1, 0.15) is 31.1 Å². The summed E-state index contributed by atoms with van der Waals surface area (Å²) in [4.78, 5) is 35.1. The maximum absolute atomic E-state index is 14.4. The van der Waals surface area contributed by atoms with Crippen LogP contribution in [0.15, 0.2) is 48.5 Å². The van der Waals surface area contributed by atoms with Gasteiger partial charge in [0, 0.05) is 22.3 Å². The molecule has 3 aromatic carbocycles. The highest BCUT2D eigenvalue weighted by Crippen LogP contribution is 2.37. The van der Waals surface area contributed by atoms with Crippen molar-refractivity contribution in [2.24, 2.45) is 0 Å². The van der Waals surface area contributed by atoms with Gasteiger partial charge in [-0.3, -0.25) is 0 Å². The standard InChI is InChI=1S/C21H11F3O6/c22-9-1-3-12(19(25)26)14(5-9)16-7-11(24)8-17(18(16)21(29)30)15-6-10(23)2-4-13(15)20(27)28/h1-8H,(H,25,26)(H,27,28)(H,29,30). The van der Waals surface area contributed by atoms with Gasteiger partial charge in [-0.2, -0.15) is 0 Å². The molecule has 0 radical (unpaired) electrons. The molecule has 0 saturated heterocycles. The van der Waals surface area contributed by atoms with Gasteiger partial charge in [-0.25, -0.2) is 27.6 Å². The summed E-state index contributed by atoms with van der Waals surface area (Å²) >= 11 is 0. The van der Waals surface area contributed by atoms with Crippen molar-refractivity contribution in [1.29, 1.82) is 0 Å². The van der Waals surface area contributed by atoms with Gasteiger partial charge in [0.15, 0.2) is 0 Å². The smallest absolute Gasteiger partial charge is 0.336 e. The van der Waals surface area contributed by atoms with Crippen molar-refractivity contribution >= 4 is 17.9 Å². The number of carboxylic acids is 3. The summed E-state index contributed by atoms with van der Waals surface area (Å²) in [7, 11) is 0. The van der Waals surface area contributed by atoms with Crippen molar-refractivity contribution in [1.82, 2.24) is 0 Å². The summed E-state index contributed by atoms with van der Waals surface area (Å²) in [5.74, 6) is -7.61. The van der Waals surface area contributed by atoms with Gasteiger partial charge in [-0.1, -0.05) is 0 Å². The lowest BCUT2D eigenvalue weighted by atomic mass is 9.88. The average molecular weight is 416 g/mol. The molecule has 3 N–H and O–H groups in total. The molecule has 6 nitrogen and oxygen atoms in total. The Labute approximate surface area is 166 Å². The Morgan fingerprint density at radius 2 is 0.900 bits per heavy atom. The molecule has 0 fully saturated rings. The second-order valence-electron chi connectivity index (χ2n) is 6.17. The van der Waals surface area contributed by atoms with Crippen LogP contribution < -0.4 is 0 Å². The molecule has 0 amide bonds. The number of carbonyl (C=O) groups is 3. The lowest BCUT2D eigenvalue weighted by Gasteiger charge is -2.16. The first-order valence-corrected chi connectivity index (χ1v) is 8.23. The van der Waals surface area contributed by atoms with Gasteiger partial charge < -0.3 is 15.3 Å². The predicted octanol–water partition coefficient (Wildman–Crippen LogP) is 4.53. The Morgan fingerprint density at radius 1 is 0.533 bits per heavy atom. The SMILES string of the molecule is O=C(O)c1ccc(F)cc1-c1cc(F)cc(-c2cc(F)ccc2C(=O)O)c1C(=O)O. The molecular weight excluding hydrogens is 405 g/mol. The lowest BCUT2D eigenvalue weighted by Crippen LogP contribution is -2.09. The zero-order valence-electron chi connectivity index (χ0n) is 14.8. The number of carboxylic acid groups (broad SMARTS) is 3. The van der Waals surface area contributed by atoms with E-state index >= 15 is 0 Å². The van der Waals surface area contributed by atoms with E-state index in [9.17, 15) is 42.9 Å². The fourth-order valence-corrected chi connectivity index (χ4v) is 3.11. The molecule has 0 bridgehead atoms. The fourth-order valence-electron chi connectivity index (χ4n) is 3.11. The van der Waals surface area contributed by atoms with Crippen LogP contribution in [-0.2, 0) is 0 Å². The molecule has 0 aliphatic rings. The van der Waals surface area contributed by atoms with Crippen LogP contribution in [0.25, 0.3) is 22.3 Å². The van der Waals surface area contributed by atoms with Crippen LogP contribution in [0, 0.1) is 17.5 Å². The Kier molecular flexibility index (Phi) is 5.29.